The molecule has 0 atom stereocenters. The molecule has 0 unspecified atom stereocenters. The lowest BCUT2D eigenvalue weighted by Gasteiger charge is -2.12. The molecule has 2 aromatic carbocycles. The lowest BCUT2D eigenvalue weighted by molar-refractivity contribution is 0.0954. The third kappa shape index (κ3) is 4.21. The number of ether oxygens (including phenoxy) is 3. The minimum absolute atomic E-state index is 0.332. The molecule has 0 radical (unpaired) electrons. The van der Waals surface area contributed by atoms with Gasteiger partial charge in [0.25, 0.3) is 5.91 Å². The summed E-state index contributed by atoms with van der Waals surface area (Å²) in [6, 6.07) is 12.8. The van der Waals surface area contributed by atoms with Gasteiger partial charge in [0.05, 0.1) is 27.5 Å². The smallest absolute Gasteiger partial charge is 0.277 e. The number of carbonyl (C=O) groups excluding carboxylic acids is 1. The zero-order valence-corrected chi connectivity index (χ0v) is 16.6. The highest BCUT2D eigenvalue weighted by Gasteiger charge is 2.21. The highest BCUT2D eigenvalue weighted by molar-refractivity contribution is 6.01. The molecule has 0 saturated heterocycles. The molecule has 1 N–H and O–H groups in total. The standard InChI is InChI=1S/C21H21N3O5/c1-13-18(19(24-29-13)15-8-6-5-7-9-15)21(25)23-22-12-14-10-16(26-2)20(28-4)17(11-14)27-3/h5-12H,1-4H3,(H,23,25)/b22-12-. The van der Waals surface area contributed by atoms with Gasteiger partial charge in [0, 0.05) is 11.1 Å². The van der Waals surface area contributed by atoms with Gasteiger partial charge in [0.15, 0.2) is 11.5 Å². The van der Waals surface area contributed by atoms with Crippen LogP contribution in [0.2, 0.25) is 0 Å². The first-order valence-corrected chi connectivity index (χ1v) is 8.74. The van der Waals surface area contributed by atoms with Crippen molar-refractivity contribution >= 4 is 12.1 Å². The normalized spacial score (nSPS) is 10.8. The van der Waals surface area contributed by atoms with Crippen molar-refractivity contribution < 1.29 is 23.5 Å². The third-order valence-electron chi connectivity index (χ3n) is 4.20. The molecular weight excluding hydrogens is 374 g/mol. The molecule has 0 fully saturated rings. The second-order valence-electron chi connectivity index (χ2n) is 5.99. The highest BCUT2D eigenvalue weighted by atomic mass is 16.5. The fourth-order valence-electron chi connectivity index (χ4n) is 2.83. The van der Waals surface area contributed by atoms with Gasteiger partial charge in [-0.2, -0.15) is 5.10 Å². The molecule has 1 amide bonds. The van der Waals surface area contributed by atoms with E-state index < -0.39 is 5.91 Å². The maximum Gasteiger partial charge on any atom is 0.277 e. The fourth-order valence-corrected chi connectivity index (χ4v) is 2.83. The predicted molar refractivity (Wildman–Crippen MR) is 108 cm³/mol. The van der Waals surface area contributed by atoms with Crippen LogP contribution in [0.3, 0.4) is 0 Å². The van der Waals surface area contributed by atoms with Crippen LogP contribution in [-0.2, 0) is 0 Å². The quantitative estimate of drug-likeness (QED) is 0.486. The summed E-state index contributed by atoms with van der Waals surface area (Å²) < 4.78 is 21.1. The molecule has 0 aliphatic rings. The van der Waals surface area contributed by atoms with Gasteiger partial charge in [-0.25, -0.2) is 5.43 Å². The lowest BCUT2D eigenvalue weighted by atomic mass is 10.1. The van der Waals surface area contributed by atoms with Crippen LogP contribution in [0.1, 0.15) is 21.7 Å². The Balaban J connectivity index is 1.82. The minimum atomic E-state index is -0.425. The maximum absolute atomic E-state index is 12.7. The van der Waals surface area contributed by atoms with Crippen LogP contribution in [0.15, 0.2) is 52.1 Å². The number of amides is 1. The van der Waals surface area contributed by atoms with Crippen molar-refractivity contribution in [1.82, 2.24) is 10.6 Å². The van der Waals surface area contributed by atoms with Crippen molar-refractivity contribution in [3.05, 3.63) is 59.4 Å². The minimum Gasteiger partial charge on any atom is -0.493 e. The molecule has 8 nitrogen and oxygen atoms in total. The van der Waals surface area contributed by atoms with Gasteiger partial charge in [-0.1, -0.05) is 35.5 Å². The summed E-state index contributed by atoms with van der Waals surface area (Å²) in [6.45, 7) is 1.68. The Morgan fingerprint density at radius 2 is 1.72 bits per heavy atom. The number of hydrogen-bond donors (Lipinski definition) is 1. The highest BCUT2D eigenvalue weighted by Crippen LogP contribution is 2.37. The number of carbonyl (C=O) groups is 1. The van der Waals surface area contributed by atoms with Crippen LogP contribution >= 0.6 is 0 Å². The summed E-state index contributed by atoms with van der Waals surface area (Å²) in [6.07, 6.45) is 1.48. The van der Waals surface area contributed by atoms with Gasteiger partial charge < -0.3 is 18.7 Å². The van der Waals surface area contributed by atoms with E-state index in [0.29, 0.717) is 39.8 Å². The number of hydrazone groups is 1. The second kappa shape index (κ2) is 8.92. The lowest BCUT2D eigenvalue weighted by Crippen LogP contribution is -2.18. The molecule has 8 heteroatoms. The Labute approximate surface area is 168 Å². The van der Waals surface area contributed by atoms with Gasteiger partial charge in [0.1, 0.15) is 17.0 Å². The Morgan fingerprint density at radius 1 is 1.07 bits per heavy atom. The molecule has 150 valence electrons. The van der Waals surface area contributed by atoms with Crippen molar-refractivity contribution in [1.29, 1.82) is 0 Å². The topological polar surface area (TPSA) is 95.2 Å². The Kier molecular flexibility index (Phi) is 6.13. The zero-order chi connectivity index (χ0) is 20.8. The average molecular weight is 395 g/mol. The molecule has 3 aromatic rings. The first-order chi connectivity index (χ1) is 14.1. The number of hydrogen-bond acceptors (Lipinski definition) is 7. The van der Waals surface area contributed by atoms with Gasteiger partial charge in [-0.15, -0.1) is 0 Å². The third-order valence-corrected chi connectivity index (χ3v) is 4.20. The first-order valence-electron chi connectivity index (χ1n) is 8.74. The molecule has 0 aliphatic carbocycles. The van der Waals surface area contributed by atoms with E-state index in [9.17, 15) is 4.79 Å². The molecule has 1 aromatic heterocycles. The molecule has 1 heterocycles. The fraction of sp³-hybridized carbons (Fsp3) is 0.190. The van der Waals surface area contributed by atoms with Crippen LogP contribution in [0, 0.1) is 6.92 Å². The molecule has 0 saturated carbocycles. The number of nitrogens with one attached hydrogen (secondary N) is 1. The van der Waals surface area contributed by atoms with Crippen molar-refractivity contribution in [2.24, 2.45) is 5.10 Å². The predicted octanol–water partition coefficient (Wildman–Crippen LogP) is 3.44. The zero-order valence-electron chi connectivity index (χ0n) is 16.6. The van der Waals surface area contributed by atoms with E-state index in [-0.39, 0.29) is 0 Å². The Morgan fingerprint density at radius 3 is 2.31 bits per heavy atom. The monoisotopic (exact) mass is 395 g/mol. The van der Waals surface area contributed by atoms with Gasteiger partial charge in [-0.05, 0) is 19.1 Å². The first kappa shape index (κ1) is 19.9. The van der Waals surface area contributed by atoms with Gasteiger partial charge in [-0.3, -0.25) is 4.79 Å². The van der Waals surface area contributed by atoms with E-state index in [1.807, 2.05) is 30.3 Å². The summed E-state index contributed by atoms with van der Waals surface area (Å²) in [5, 5.41) is 8.04. The van der Waals surface area contributed by atoms with Crippen LogP contribution in [0.4, 0.5) is 0 Å². The number of aromatic nitrogens is 1. The van der Waals surface area contributed by atoms with Crippen molar-refractivity contribution in [2.45, 2.75) is 6.92 Å². The van der Waals surface area contributed by atoms with Crippen molar-refractivity contribution in [3.63, 3.8) is 0 Å². The maximum atomic E-state index is 12.7. The van der Waals surface area contributed by atoms with E-state index in [0.717, 1.165) is 5.56 Å². The van der Waals surface area contributed by atoms with Gasteiger partial charge >= 0.3 is 0 Å². The molecule has 3 rings (SSSR count). The molecule has 0 spiro atoms. The van der Waals surface area contributed by atoms with Crippen LogP contribution < -0.4 is 19.6 Å². The summed E-state index contributed by atoms with van der Waals surface area (Å²) >= 11 is 0. The van der Waals surface area contributed by atoms with E-state index in [1.165, 1.54) is 27.5 Å². The Bertz CT molecular complexity index is 1000. The SMILES string of the molecule is COc1cc(/C=N\NC(=O)c2c(-c3ccccc3)noc2C)cc(OC)c1OC. The number of rotatable bonds is 7. The van der Waals surface area contributed by atoms with E-state index in [1.54, 1.807) is 19.1 Å². The largest absolute Gasteiger partial charge is 0.493 e. The number of methoxy groups -OCH3 is 3. The summed E-state index contributed by atoms with van der Waals surface area (Å²) in [7, 11) is 4.58. The second-order valence-corrected chi connectivity index (χ2v) is 5.99. The molecule has 29 heavy (non-hydrogen) atoms. The summed E-state index contributed by atoms with van der Waals surface area (Å²) in [5.41, 5.74) is 4.74. The van der Waals surface area contributed by atoms with E-state index >= 15 is 0 Å². The number of aryl methyl sites for hydroxylation is 1. The van der Waals surface area contributed by atoms with Gasteiger partial charge in [0.2, 0.25) is 5.75 Å². The van der Waals surface area contributed by atoms with Crippen molar-refractivity contribution in [3.8, 4) is 28.5 Å². The van der Waals surface area contributed by atoms with E-state index in [4.69, 9.17) is 18.7 Å². The van der Waals surface area contributed by atoms with Crippen molar-refractivity contribution in [2.75, 3.05) is 21.3 Å². The summed E-state index contributed by atoms with van der Waals surface area (Å²) in [5.74, 6) is 1.43. The van der Waals surface area contributed by atoms with Crippen LogP contribution in [0.5, 0.6) is 17.2 Å². The average Bonchev–Trinajstić information content (AvgIpc) is 3.14. The molecular formula is C21H21N3O5. The number of benzene rings is 2. The van der Waals surface area contributed by atoms with Crippen LogP contribution in [0.25, 0.3) is 11.3 Å². The van der Waals surface area contributed by atoms with Crippen LogP contribution in [-0.4, -0.2) is 38.6 Å². The molecule has 0 aliphatic heterocycles. The summed E-state index contributed by atoms with van der Waals surface area (Å²) in [4.78, 5) is 12.7. The van der Waals surface area contributed by atoms with E-state index in [2.05, 4.69) is 15.7 Å². The molecule has 0 bridgehead atoms. The number of nitrogens with zero attached hydrogens (tertiary/aromatic N) is 2. The Hall–Kier alpha value is -3.81.